The number of ether oxygens (including phenoxy) is 1. The summed E-state index contributed by atoms with van der Waals surface area (Å²) in [5, 5.41) is 23.3. The molecule has 0 aliphatic heterocycles. The number of unbranched alkanes of at least 4 members (excludes halogenated alkanes) is 67. The van der Waals surface area contributed by atoms with Gasteiger partial charge >= 0.3 is 5.97 Å². The van der Waals surface area contributed by atoms with Crippen LogP contribution in [-0.2, 0) is 14.3 Å². The SMILES string of the molecule is CCCCCCCC/C=C\CCCCCCCCCC(=O)OCCCCCCCCCCCCCCCCCCCCCCCCCCCCCCCCCCCCCCCCCC(=O)NC(CO)C(O)/C=C/CCCCCCCCCCCCCCCCCC. The second-order valence-corrected chi connectivity index (χ2v) is 29.2. The molecule has 0 heterocycles. The molecule has 0 aromatic rings. The molecule has 0 bridgehead atoms. The number of carbonyl (C=O) groups is 2. The highest BCUT2D eigenvalue weighted by Gasteiger charge is 2.18. The van der Waals surface area contributed by atoms with E-state index in [1.54, 1.807) is 6.08 Å². The second kappa shape index (κ2) is 80.8. The van der Waals surface area contributed by atoms with Crippen molar-refractivity contribution in [3.05, 3.63) is 24.3 Å². The maximum atomic E-state index is 12.5. The lowest BCUT2D eigenvalue weighted by molar-refractivity contribution is -0.143. The predicted octanol–water partition coefficient (Wildman–Crippen LogP) is 28.0. The minimum absolute atomic E-state index is 0.0216. The van der Waals surface area contributed by atoms with Crippen molar-refractivity contribution in [2.75, 3.05) is 13.2 Å². The van der Waals surface area contributed by atoms with Gasteiger partial charge in [-0.15, -0.1) is 0 Å². The molecule has 0 spiro atoms. The molecule has 0 aliphatic carbocycles. The lowest BCUT2D eigenvalue weighted by Crippen LogP contribution is -2.45. The topological polar surface area (TPSA) is 95.9 Å². The number of aliphatic hydroxyl groups excluding tert-OH is 2. The number of carbonyl (C=O) groups excluding carboxylic acids is 2. The summed E-state index contributed by atoms with van der Waals surface area (Å²) in [7, 11) is 0. The Balaban J connectivity index is 3.30. The van der Waals surface area contributed by atoms with Crippen LogP contribution in [0.15, 0.2) is 24.3 Å². The van der Waals surface area contributed by atoms with Crippen molar-refractivity contribution in [2.45, 2.75) is 495 Å². The fourth-order valence-electron chi connectivity index (χ4n) is 13.6. The molecule has 1 amide bonds. The van der Waals surface area contributed by atoms with E-state index in [2.05, 4.69) is 31.3 Å². The molecule has 3 N–H and O–H groups in total. The molecule has 6 heteroatoms. The first-order valence-corrected chi connectivity index (χ1v) is 42.1. The van der Waals surface area contributed by atoms with E-state index >= 15 is 0 Å². The van der Waals surface area contributed by atoms with E-state index in [1.807, 2.05) is 6.08 Å². The number of aliphatic hydroxyl groups is 2. The highest BCUT2D eigenvalue weighted by molar-refractivity contribution is 5.76. The Hall–Kier alpha value is -1.66. The predicted molar refractivity (Wildman–Crippen MR) is 403 cm³/mol. The summed E-state index contributed by atoms with van der Waals surface area (Å²) in [6.45, 7) is 4.95. The van der Waals surface area contributed by atoms with Gasteiger partial charge in [-0.1, -0.05) is 436 Å². The maximum Gasteiger partial charge on any atom is 0.305 e. The molecule has 2 atom stereocenters. The Morgan fingerprint density at radius 2 is 0.516 bits per heavy atom. The number of hydrogen-bond donors (Lipinski definition) is 3. The van der Waals surface area contributed by atoms with Crippen molar-refractivity contribution in [2.24, 2.45) is 0 Å². The monoisotopic (exact) mass is 1280 g/mol. The van der Waals surface area contributed by atoms with Crippen LogP contribution in [0.3, 0.4) is 0 Å². The maximum absolute atomic E-state index is 12.5. The molecule has 2 unspecified atom stereocenters. The summed E-state index contributed by atoms with van der Waals surface area (Å²) in [4.78, 5) is 24.6. The van der Waals surface area contributed by atoms with Crippen LogP contribution in [0.4, 0.5) is 0 Å². The van der Waals surface area contributed by atoms with Crippen molar-refractivity contribution in [3.8, 4) is 0 Å². The number of allylic oxidation sites excluding steroid dienone is 3. The van der Waals surface area contributed by atoms with Crippen LogP contribution >= 0.6 is 0 Å². The first-order chi connectivity index (χ1) is 45.0. The zero-order chi connectivity index (χ0) is 65.6. The van der Waals surface area contributed by atoms with E-state index in [-0.39, 0.29) is 18.5 Å². The van der Waals surface area contributed by atoms with E-state index in [9.17, 15) is 19.8 Å². The molecular formula is C85H165NO5. The largest absolute Gasteiger partial charge is 0.466 e. The Morgan fingerprint density at radius 3 is 0.780 bits per heavy atom. The van der Waals surface area contributed by atoms with Gasteiger partial charge in [0.2, 0.25) is 5.91 Å². The fourth-order valence-corrected chi connectivity index (χ4v) is 13.6. The van der Waals surface area contributed by atoms with Gasteiger partial charge in [-0.25, -0.2) is 0 Å². The number of nitrogens with one attached hydrogen (secondary N) is 1. The van der Waals surface area contributed by atoms with Gasteiger partial charge in [0.15, 0.2) is 0 Å². The van der Waals surface area contributed by atoms with Gasteiger partial charge in [-0.05, 0) is 57.8 Å². The summed E-state index contributed by atoms with van der Waals surface area (Å²) in [6, 6.07) is -0.623. The van der Waals surface area contributed by atoms with Crippen LogP contribution in [0, 0.1) is 0 Å². The third kappa shape index (κ3) is 77.2. The molecule has 0 saturated carbocycles. The Labute approximate surface area is 571 Å². The van der Waals surface area contributed by atoms with Crippen LogP contribution in [0.1, 0.15) is 483 Å². The van der Waals surface area contributed by atoms with Crippen molar-refractivity contribution >= 4 is 11.9 Å². The van der Waals surface area contributed by atoms with E-state index in [1.165, 1.54) is 417 Å². The first kappa shape index (κ1) is 89.3. The molecule has 540 valence electrons. The zero-order valence-electron chi connectivity index (χ0n) is 62.1. The van der Waals surface area contributed by atoms with Gasteiger partial charge in [0.05, 0.1) is 25.4 Å². The Kier molecular flexibility index (Phi) is 79.3. The number of amides is 1. The number of hydrogen-bond acceptors (Lipinski definition) is 5. The minimum Gasteiger partial charge on any atom is -0.466 e. The van der Waals surface area contributed by atoms with E-state index in [0.717, 1.165) is 38.5 Å². The molecule has 0 aromatic carbocycles. The van der Waals surface area contributed by atoms with Gasteiger partial charge < -0.3 is 20.3 Å². The average Bonchev–Trinajstić information content (AvgIpc) is 3.73. The standard InChI is InChI=1S/C85H165NO5/c1-3-5-7-9-11-13-15-17-19-21-46-49-53-57-61-65-69-73-77-83(88)82(81-87)86-84(89)78-74-70-66-62-58-54-50-47-43-41-39-37-35-33-31-29-27-25-23-22-24-26-28-30-32-34-36-38-40-42-44-48-52-56-60-64-68-72-76-80-91-85(90)79-75-71-67-63-59-55-51-45-20-18-16-14-12-10-8-6-4-2/h18,20,73,77,82-83,87-88H,3-17,19,21-72,74-76,78-81H2,1-2H3,(H,86,89)/b20-18-,77-73+. The van der Waals surface area contributed by atoms with E-state index < -0.39 is 12.1 Å². The Morgan fingerprint density at radius 1 is 0.297 bits per heavy atom. The van der Waals surface area contributed by atoms with Crippen LogP contribution in [0.25, 0.3) is 0 Å². The second-order valence-electron chi connectivity index (χ2n) is 29.2. The van der Waals surface area contributed by atoms with Crippen molar-refractivity contribution in [1.82, 2.24) is 5.32 Å². The minimum atomic E-state index is -0.840. The van der Waals surface area contributed by atoms with Gasteiger partial charge in [-0.2, -0.15) is 0 Å². The van der Waals surface area contributed by atoms with Crippen LogP contribution in [0.2, 0.25) is 0 Å². The highest BCUT2D eigenvalue weighted by Crippen LogP contribution is 2.21. The summed E-state index contributed by atoms with van der Waals surface area (Å²) >= 11 is 0. The van der Waals surface area contributed by atoms with Crippen LogP contribution in [0.5, 0.6) is 0 Å². The zero-order valence-corrected chi connectivity index (χ0v) is 62.1. The van der Waals surface area contributed by atoms with Crippen LogP contribution in [-0.4, -0.2) is 47.4 Å². The highest BCUT2D eigenvalue weighted by atomic mass is 16.5. The van der Waals surface area contributed by atoms with Crippen molar-refractivity contribution in [3.63, 3.8) is 0 Å². The summed E-state index contributed by atoms with van der Waals surface area (Å²) in [5.41, 5.74) is 0. The average molecular weight is 1280 g/mol. The molecule has 91 heavy (non-hydrogen) atoms. The van der Waals surface area contributed by atoms with Crippen LogP contribution < -0.4 is 5.32 Å². The molecule has 0 rings (SSSR count). The molecule has 0 saturated heterocycles. The molecular weight excluding hydrogens is 1110 g/mol. The lowest BCUT2D eigenvalue weighted by atomic mass is 10.0. The molecule has 0 fully saturated rings. The summed E-state index contributed by atoms with van der Waals surface area (Å²) in [6.07, 6.45) is 105. The third-order valence-corrected chi connectivity index (χ3v) is 20.0. The molecule has 0 radical (unpaired) electrons. The number of esters is 1. The fraction of sp³-hybridized carbons (Fsp3) is 0.929. The van der Waals surface area contributed by atoms with Gasteiger partial charge in [0, 0.05) is 12.8 Å². The van der Waals surface area contributed by atoms with E-state index in [0.29, 0.717) is 19.4 Å². The third-order valence-electron chi connectivity index (χ3n) is 20.0. The summed E-state index contributed by atoms with van der Waals surface area (Å²) < 4.78 is 5.51. The van der Waals surface area contributed by atoms with Crippen molar-refractivity contribution in [1.29, 1.82) is 0 Å². The smallest absolute Gasteiger partial charge is 0.305 e. The lowest BCUT2D eigenvalue weighted by Gasteiger charge is -2.20. The Bertz CT molecular complexity index is 1430. The quantitative estimate of drug-likeness (QED) is 0.0320. The number of rotatable bonds is 80. The molecule has 0 aliphatic rings. The van der Waals surface area contributed by atoms with Gasteiger partial charge in [0.25, 0.3) is 0 Å². The van der Waals surface area contributed by atoms with Gasteiger partial charge in [0.1, 0.15) is 0 Å². The normalized spacial score (nSPS) is 12.5. The molecule has 0 aromatic heterocycles. The molecule has 6 nitrogen and oxygen atoms in total. The summed E-state index contributed by atoms with van der Waals surface area (Å²) in [5.74, 6) is -0.0359. The van der Waals surface area contributed by atoms with Gasteiger partial charge in [-0.3, -0.25) is 9.59 Å². The van der Waals surface area contributed by atoms with Crippen molar-refractivity contribution < 1.29 is 24.5 Å². The first-order valence-electron chi connectivity index (χ1n) is 42.1. The van der Waals surface area contributed by atoms with E-state index in [4.69, 9.17) is 4.74 Å².